The first-order valence-corrected chi connectivity index (χ1v) is 8.25. The third-order valence-corrected chi connectivity index (χ3v) is 6.49. The molecule has 11 heavy (non-hydrogen) atoms. The Hall–Kier alpha value is 0.217. The van der Waals surface area contributed by atoms with Gasteiger partial charge in [-0.05, 0) is 23.8 Å². The van der Waals surface area contributed by atoms with E-state index in [0.717, 1.165) is 5.92 Å². The van der Waals surface area contributed by atoms with E-state index in [0.29, 0.717) is 0 Å². The van der Waals surface area contributed by atoms with Gasteiger partial charge >= 0.3 is 0 Å². The standard InChI is InChI=1S/C10H20Si/c1-11(2)10-7-8-3-5-9(10)6-4-8/h8-11H,3-7H2,1-2H3. The normalized spacial score (nSPS) is 43.4. The molecule has 1 heteroatoms. The van der Waals surface area contributed by atoms with Crippen LogP contribution in [0.15, 0.2) is 0 Å². The lowest BCUT2D eigenvalue weighted by Crippen LogP contribution is -2.33. The number of rotatable bonds is 1. The van der Waals surface area contributed by atoms with E-state index in [9.17, 15) is 0 Å². The van der Waals surface area contributed by atoms with Crippen LogP contribution in [-0.2, 0) is 0 Å². The van der Waals surface area contributed by atoms with Gasteiger partial charge in [0, 0.05) is 8.80 Å². The molecule has 3 rings (SSSR count). The summed E-state index contributed by atoms with van der Waals surface area (Å²) in [4.78, 5) is 0. The summed E-state index contributed by atoms with van der Waals surface area (Å²) in [7, 11) is -0.297. The molecule has 3 aliphatic rings. The molecular weight excluding hydrogens is 148 g/mol. The maximum Gasteiger partial charge on any atom is 0.0340 e. The van der Waals surface area contributed by atoms with Crippen LogP contribution in [0.4, 0.5) is 0 Å². The van der Waals surface area contributed by atoms with Crippen molar-refractivity contribution in [3.63, 3.8) is 0 Å². The Labute approximate surface area is 72.0 Å². The second-order valence-corrected chi connectivity index (χ2v) is 8.27. The molecule has 0 spiro atoms. The van der Waals surface area contributed by atoms with Crippen LogP contribution >= 0.6 is 0 Å². The predicted octanol–water partition coefficient (Wildman–Crippen LogP) is 3.05. The van der Waals surface area contributed by atoms with Gasteiger partial charge in [-0.15, -0.1) is 0 Å². The summed E-state index contributed by atoms with van der Waals surface area (Å²) >= 11 is 0. The Kier molecular flexibility index (Phi) is 2.09. The van der Waals surface area contributed by atoms with E-state index in [1.54, 1.807) is 32.1 Å². The van der Waals surface area contributed by atoms with Crippen LogP contribution in [0.5, 0.6) is 0 Å². The molecule has 0 aliphatic heterocycles. The molecule has 0 nitrogen and oxygen atoms in total. The van der Waals surface area contributed by atoms with Crippen molar-refractivity contribution in [2.24, 2.45) is 11.8 Å². The van der Waals surface area contributed by atoms with Gasteiger partial charge in [0.25, 0.3) is 0 Å². The molecule has 0 N–H and O–H groups in total. The highest BCUT2D eigenvalue weighted by Crippen LogP contribution is 2.49. The van der Waals surface area contributed by atoms with Crippen molar-refractivity contribution in [1.82, 2.24) is 0 Å². The lowest BCUT2D eigenvalue weighted by Gasteiger charge is -2.44. The van der Waals surface area contributed by atoms with Crippen molar-refractivity contribution >= 4 is 8.80 Å². The molecule has 0 saturated heterocycles. The maximum absolute atomic E-state index is 2.55. The van der Waals surface area contributed by atoms with Crippen LogP contribution in [0, 0.1) is 11.8 Å². The van der Waals surface area contributed by atoms with E-state index < -0.39 is 0 Å². The lowest BCUT2D eigenvalue weighted by atomic mass is 9.70. The minimum Gasteiger partial charge on any atom is -0.0720 e. The van der Waals surface area contributed by atoms with Gasteiger partial charge < -0.3 is 0 Å². The number of hydrogen-bond donors (Lipinski definition) is 0. The Balaban J connectivity index is 2.03. The second-order valence-electron chi connectivity index (χ2n) is 4.92. The van der Waals surface area contributed by atoms with Gasteiger partial charge in [-0.3, -0.25) is 0 Å². The van der Waals surface area contributed by atoms with E-state index in [4.69, 9.17) is 0 Å². The van der Waals surface area contributed by atoms with Gasteiger partial charge in [0.1, 0.15) is 0 Å². The van der Waals surface area contributed by atoms with Crippen LogP contribution in [0.1, 0.15) is 32.1 Å². The highest BCUT2D eigenvalue weighted by molar-refractivity contribution is 6.57. The fourth-order valence-electron chi connectivity index (χ4n) is 3.25. The van der Waals surface area contributed by atoms with Gasteiger partial charge in [0.15, 0.2) is 0 Å². The SMILES string of the molecule is C[SiH](C)C1CC2CCC1CC2. The first-order chi connectivity index (χ1) is 5.27. The van der Waals surface area contributed by atoms with E-state index in [1.807, 2.05) is 0 Å². The number of fused-ring (bicyclic) bond motifs is 3. The van der Waals surface area contributed by atoms with Crippen molar-refractivity contribution in [3.05, 3.63) is 0 Å². The third-order valence-electron chi connectivity index (χ3n) is 3.96. The van der Waals surface area contributed by atoms with Crippen molar-refractivity contribution in [2.45, 2.75) is 50.7 Å². The summed E-state index contributed by atoms with van der Waals surface area (Å²) in [6, 6.07) is 0. The van der Waals surface area contributed by atoms with Crippen LogP contribution in [0.3, 0.4) is 0 Å². The monoisotopic (exact) mass is 168 g/mol. The second kappa shape index (κ2) is 2.93. The maximum atomic E-state index is 2.55. The third kappa shape index (κ3) is 1.40. The fraction of sp³-hybridized carbons (Fsp3) is 1.00. The molecule has 0 aromatic rings. The molecular formula is C10H20Si. The zero-order valence-electron chi connectivity index (χ0n) is 7.84. The average molecular weight is 168 g/mol. The van der Waals surface area contributed by atoms with Crippen molar-refractivity contribution in [3.8, 4) is 0 Å². The minimum absolute atomic E-state index is 0.297. The van der Waals surface area contributed by atoms with Gasteiger partial charge in [-0.2, -0.15) is 0 Å². The minimum atomic E-state index is -0.297. The summed E-state index contributed by atoms with van der Waals surface area (Å²) in [5, 5.41) is 0. The van der Waals surface area contributed by atoms with Crippen LogP contribution in [0.2, 0.25) is 18.6 Å². The molecule has 0 heterocycles. The lowest BCUT2D eigenvalue weighted by molar-refractivity contribution is 0.174. The topological polar surface area (TPSA) is 0 Å². The summed E-state index contributed by atoms with van der Waals surface area (Å²) in [6.45, 7) is 5.09. The van der Waals surface area contributed by atoms with Gasteiger partial charge in [-0.25, -0.2) is 0 Å². The highest BCUT2D eigenvalue weighted by atomic mass is 28.3. The van der Waals surface area contributed by atoms with Gasteiger partial charge in [-0.1, -0.05) is 38.8 Å². The van der Waals surface area contributed by atoms with Crippen molar-refractivity contribution < 1.29 is 0 Å². The zero-order valence-corrected chi connectivity index (χ0v) is 9.00. The molecule has 3 fully saturated rings. The predicted molar refractivity (Wildman–Crippen MR) is 52.7 cm³/mol. The Morgan fingerprint density at radius 3 is 1.91 bits per heavy atom. The largest absolute Gasteiger partial charge is 0.0720 e. The molecule has 3 saturated carbocycles. The molecule has 0 radical (unpaired) electrons. The summed E-state index contributed by atoms with van der Waals surface area (Å²) in [5.41, 5.74) is 1.22. The van der Waals surface area contributed by atoms with Crippen molar-refractivity contribution in [2.75, 3.05) is 0 Å². The number of hydrogen-bond acceptors (Lipinski definition) is 0. The molecule has 1 unspecified atom stereocenters. The smallest absolute Gasteiger partial charge is 0.0340 e. The molecule has 3 aliphatic carbocycles. The fourth-order valence-corrected chi connectivity index (χ4v) is 5.65. The summed E-state index contributed by atoms with van der Waals surface area (Å²) in [6.07, 6.45) is 7.93. The van der Waals surface area contributed by atoms with E-state index in [2.05, 4.69) is 13.1 Å². The Morgan fingerprint density at radius 1 is 1.00 bits per heavy atom. The van der Waals surface area contributed by atoms with Crippen LogP contribution in [0.25, 0.3) is 0 Å². The zero-order chi connectivity index (χ0) is 7.84. The summed E-state index contributed by atoms with van der Waals surface area (Å²) in [5.74, 6) is 2.33. The van der Waals surface area contributed by atoms with E-state index in [-0.39, 0.29) is 8.80 Å². The van der Waals surface area contributed by atoms with E-state index >= 15 is 0 Å². The Morgan fingerprint density at radius 2 is 1.64 bits per heavy atom. The van der Waals surface area contributed by atoms with Crippen molar-refractivity contribution in [1.29, 1.82) is 0 Å². The average Bonchev–Trinajstić information content (AvgIpc) is 2.06. The highest BCUT2D eigenvalue weighted by Gasteiger charge is 2.36. The van der Waals surface area contributed by atoms with Gasteiger partial charge in [0.05, 0.1) is 0 Å². The molecule has 2 bridgehead atoms. The molecule has 64 valence electrons. The molecule has 1 atom stereocenters. The molecule has 0 amide bonds. The van der Waals surface area contributed by atoms with Crippen LogP contribution < -0.4 is 0 Å². The first kappa shape index (κ1) is 7.84. The first-order valence-electron chi connectivity index (χ1n) is 5.27. The summed E-state index contributed by atoms with van der Waals surface area (Å²) < 4.78 is 0. The Bertz CT molecular complexity index is 134. The van der Waals surface area contributed by atoms with Gasteiger partial charge in [0.2, 0.25) is 0 Å². The molecule has 0 aromatic heterocycles. The van der Waals surface area contributed by atoms with Crippen LogP contribution in [-0.4, -0.2) is 8.80 Å². The quantitative estimate of drug-likeness (QED) is 0.528. The van der Waals surface area contributed by atoms with E-state index in [1.165, 1.54) is 11.5 Å². The molecule has 0 aromatic carbocycles.